The lowest BCUT2D eigenvalue weighted by molar-refractivity contribution is -0.125. The highest BCUT2D eigenvalue weighted by atomic mass is 16.6. The van der Waals surface area contributed by atoms with Gasteiger partial charge >= 0.3 is 0 Å². The van der Waals surface area contributed by atoms with Crippen LogP contribution in [0.3, 0.4) is 0 Å². The second-order valence-electron chi connectivity index (χ2n) is 6.23. The minimum atomic E-state index is -0.216. The van der Waals surface area contributed by atoms with Gasteiger partial charge < -0.3 is 34.4 Å². The van der Waals surface area contributed by atoms with Crippen molar-refractivity contribution >= 4 is 23.4 Å². The molecule has 10 nitrogen and oxygen atoms in total. The number of ketones is 2. The van der Waals surface area contributed by atoms with Crippen molar-refractivity contribution in [2.24, 2.45) is 0 Å². The molecule has 0 spiro atoms. The molecule has 2 N–H and O–H groups in total. The number of carbonyl (C=O) groups is 4. The highest BCUT2D eigenvalue weighted by Gasteiger charge is 2.03. The molecule has 0 aromatic carbocycles. The van der Waals surface area contributed by atoms with Crippen LogP contribution in [0.2, 0.25) is 0 Å². The molecule has 0 unspecified atom stereocenters. The Hall–Kier alpha value is -1.88. The fraction of sp³-hybridized carbons (Fsp3) is 0.789. The lowest BCUT2D eigenvalue weighted by Gasteiger charge is -2.08. The first kappa shape index (κ1) is 27.1. The average molecular weight is 418 g/mol. The zero-order valence-corrected chi connectivity index (χ0v) is 17.5. The lowest BCUT2D eigenvalue weighted by Crippen LogP contribution is -2.29. The molecule has 0 atom stereocenters. The Morgan fingerprint density at radius 1 is 0.552 bits per heavy atom. The van der Waals surface area contributed by atoms with Crippen molar-refractivity contribution < 1.29 is 38.1 Å². The fourth-order valence-corrected chi connectivity index (χ4v) is 1.88. The molecule has 0 radical (unpaired) electrons. The summed E-state index contributed by atoms with van der Waals surface area (Å²) in [7, 11) is 0. The second kappa shape index (κ2) is 19.4. The minimum Gasteiger partial charge on any atom is -0.379 e. The molecule has 29 heavy (non-hydrogen) atoms. The molecule has 0 saturated heterocycles. The zero-order valence-electron chi connectivity index (χ0n) is 17.5. The normalized spacial score (nSPS) is 10.6. The number of nitrogens with one attached hydrogen (secondary N) is 2. The number of amides is 2. The van der Waals surface area contributed by atoms with Crippen molar-refractivity contribution in [2.75, 3.05) is 65.9 Å². The van der Waals surface area contributed by atoms with Crippen LogP contribution in [0.4, 0.5) is 0 Å². The van der Waals surface area contributed by atoms with E-state index in [4.69, 9.17) is 18.9 Å². The fourth-order valence-electron chi connectivity index (χ4n) is 1.88. The van der Waals surface area contributed by atoms with Crippen LogP contribution in [-0.4, -0.2) is 89.3 Å². The summed E-state index contributed by atoms with van der Waals surface area (Å²) in [6.07, 6.45) is 0.673. The van der Waals surface area contributed by atoms with E-state index < -0.39 is 0 Å². The van der Waals surface area contributed by atoms with Gasteiger partial charge in [-0.3, -0.25) is 14.4 Å². The predicted molar refractivity (Wildman–Crippen MR) is 105 cm³/mol. The Balaban J connectivity index is 3.20. The summed E-state index contributed by atoms with van der Waals surface area (Å²) in [5.41, 5.74) is 0. The number of carbonyl (C=O) groups excluding carboxylic acids is 4. The Bertz CT molecular complexity index is 443. The van der Waals surface area contributed by atoms with Crippen molar-refractivity contribution in [3.63, 3.8) is 0 Å². The highest BCUT2D eigenvalue weighted by molar-refractivity contribution is 5.84. The molecule has 0 aromatic rings. The third-order valence-electron chi connectivity index (χ3n) is 3.40. The van der Waals surface area contributed by atoms with E-state index in [9.17, 15) is 19.2 Å². The first-order valence-corrected chi connectivity index (χ1v) is 9.75. The maximum atomic E-state index is 11.3. The van der Waals surface area contributed by atoms with E-state index in [1.807, 2.05) is 0 Å². The Labute approximate surface area is 172 Å². The van der Waals surface area contributed by atoms with Gasteiger partial charge in [0.15, 0.2) is 0 Å². The molecule has 0 rings (SSSR count). The molecule has 0 aliphatic carbocycles. The predicted octanol–water partition coefficient (Wildman–Crippen LogP) is -0.366. The van der Waals surface area contributed by atoms with Gasteiger partial charge in [0.2, 0.25) is 11.8 Å². The van der Waals surface area contributed by atoms with E-state index in [1.165, 1.54) is 13.8 Å². The van der Waals surface area contributed by atoms with Gasteiger partial charge in [-0.15, -0.1) is 0 Å². The number of Topliss-reactive ketones (excluding diaryl/α,β-unsaturated/α-hetero) is 2. The van der Waals surface area contributed by atoms with Crippen LogP contribution in [0.25, 0.3) is 0 Å². The summed E-state index contributed by atoms with van der Waals surface area (Å²) in [6, 6.07) is 0. The van der Waals surface area contributed by atoms with E-state index in [2.05, 4.69) is 10.6 Å². The average Bonchev–Trinajstić information content (AvgIpc) is 2.67. The molecule has 0 saturated carbocycles. The number of hydrogen-bond acceptors (Lipinski definition) is 8. The van der Waals surface area contributed by atoms with E-state index in [0.29, 0.717) is 52.8 Å². The third-order valence-corrected chi connectivity index (χ3v) is 3.40. The third kappa shape index (κ3) is 22.3. The summed E-state index contributed by atoms with van der Waals surface area (Å²) >= 11 is 0. The Kier molecular flexibility index (Phi) is 18.2. The number of rotatable bonds is 20. The van der Waals surface area contributed by atoms with E-state index in [0.717, 1.165) is 0 Å². The molecule has 0 aliphatic heterocycles. The van der Waals surface area contributed by atoms with Crippen LogP contribution in [0.5, 0.6) is 0 Å². The first-order chi connectivity index (χ1) is 13.9. The van der Waals surface area contributed by atoms with Crippen molar-refractivity contribution in [1.29, 1.82) is 0 Å². The van der Waals surface area contributed by atoms with Gasteiger partial charge in [0, 0.05) is 25.8 Å². The quantitative estimate of drug-likeness (QED) is 0.256. The summed E-state index contributed by atoms with van der Waals surface area (Å²) in [5, 5.41) is 5.16. The summed E-state index contributed by atoms with van der Waals surface area (Å²) in [5.74, 6) is -0.464. The number of hydrogen-bond donors (Lipinski definition) is 2. The molecule has 0 bridgehead atoms. The van der Waals surface area contributed by atoms with Gasteiger partial charge in [0.05, 0.1) is 59.4 Å². The largest absolute Gasteiger partial charge is 0.379 e. The molecule has 0 aliphatic rings. The van der Waals surface area contributed by atoms with Crippen molar-refractivity contribution in [1.82, 2.24) is 10.6 Å². The van der Waals surface area contributed by atoms with E-state index >= 15 is 0 Å². The van der Waals surface area contributed by atoms with Crippen LogP contribution in [0.1, 0.15) is 33.1 Å². The van der Waals surface area contributed by atoms with Crippen molar-refractivity contribution in [3.05, 3.63) is 0 Å². The Morgan fingerprint density at radius 2 is 1.03 bits per heavy atom. The molecule has 0 heterocycles. The Morgan fingerprint density at radius 3 is 1.55 bits per heavy atom. The van der Waals surface area contributed by atoms with Crippen LogP contribution >= 0.6 is 0 Å². The minimum absolute atomic E-state index is 0.00319. The molecule has 0 fully saturated rings. The van der Waals surface area contributed by atoms with Gasteiger partial charge in [-0.2, -0.15) is 0 Å². The molecular formula is C19H34N2O8. The van der Waals surface area contributed by atoms with Crippen molar-refractivity contribution in [2.45, 2.75) is 33.1 Å². The van der Waals surface area contributed by atoms with Gasteiger partial charge in [-0.05, 0) is 13.8 Å². The SMILES string of the molecule is CC(=O)CCC(=O)NCCOCCOCCOCCOCCC(=O)NCC(C)=O. The monoisotopic (exact) mass is 418 g/mol. The second-order valence-corrected chi connectivity index (χ2v) is 6.23. The molecule has 0 aromatic heterocycles. The molecule has 168 valence electrons. The highest BCUT2D eigenvalue weighted by Crippen LogP contribution is 1.90. The van der Waals surface area contributed by atoms with Gasteiger partial charge in [-0.1, -0.05) is 0 Å². The van der Waals surface area contributed by atoms with Gasteiger partial charge in [0.1, 0.15) is 11.6 Å². The maximum Gasteiger partial charge on any atom is 0.222 e. The summed E-state index contributed by atoms with van der Waals surface area (Å²) < 4.78 is 21.2. The maximum absolute atomic E-state index is 11.3. The van der Waals surface area contributed by atoms with E-state index in [1.54, 1.807) is 0 Å². The van der Waals surface area contributed by atoms with Crippen LogP contribution in [0.15, 0.2) is 0 Å². The standard InChI is InChI=1S/C19H34N2O8/c1-16(22)3-4-18(24)20-6-8-27-10-12-29-14-13-28-11-9-26-7-5-19(25)21-15-17(2)23/h3-15H2,1-2H3,(H,20,24)(H,21,25). The topological polar surface area (TPSA) is 129 Å². The van der Waals surface area contributed by atoms with Crippen LogP contribution in [0, 0.1) is 0 Å². The zero-order chi connectivity index (χ0) is 21.7. The summed E-state index contributed by atoms with van der Waals surface area (Å²) in [4.78, 5) is 44.1. The van der Waals surface area contributed by atoms with Crippen LogP contribution < -0.4 is 10.6 Å². The van der Waals surface area contributed by atoms with Crippen molar-refractivity contribution in [3.8, 4) is 0 Å². The van der Waals surface area contributed by atoms with Gasteiger partial charge in [0.25, 0.3) is 0 Å². The van der Waals surface area contributed by atoms with Gasteiger partial charge in [-0.25, -0.2) is 0 Å². The number of ether oxygens (including phenoxy) is 4. The van der Waals surface area contributed by atoms with Crippen LogP contribution in [-0.2, 0) is 38.1 Å². The molecule has 2 amide bonds. The smallest absolute Gasteiger partial charge is 0.222 e. The molecular weight excluding hydrogens is 384 g/mol. The first-order valence-electron chi connectivity index (χ1n) is 9.75. The van der Waals surface area contributed by atoms with E-state index in [-0.39, 0.29) is 55.8 Å². The lowest BCUT2D eigenvalue weighted by atomic mass is 10.2. The summed E-state index contributed by atoms with van der Waals surface area (Å²) in [6.45, 7) is 6.45. The molecule has 10 heteroatoms.